The van der Waals surface area contributed by atoms with Crippen LogP contribution in [-0.4, -0.2) is 25.4 Å². The molecule has 0 aliphatic heterocycles. The minimum Gasteiger partial charge on any atom is -0.359 e. The Balaban J connectivity index is 3.19. The molecule has 0 bridgehead atoms. The highest BCUT2D eigenvalue weighted by Gasteiger charge is 1.91. The Morgan fingerprint density at radius 1 is 1.42 bits per heavy atom. The Morgan fingerprint density at radius 2 is 2.17 bits per heavy atom. The summed E-state index contributed by atoms with van der Waals surface area (Å²) in [7, 11) is 0. The second-order valence-corrected chi connectivity index (χ2v) is 2.22. The minimum atomic E-state index is -0.0939. The molecule has 0 fully saturated rings. The highest BCUT2D eigenvalue weighted by molar-refractivity contribution is 5.87. The molecule has 0 rings (SSSR count). The van der Waals surface area contributed by atoms with Crippen LogP contribution in [0, 0.1) is 0 Å². The van der Waals surface area contributed by atoms with Crippen LogP contribution in [0.5, 0.6) is 0 Å². The van der Waals surface area contributed by atoms with Crippen molar-refractivity contribution in [2.75, 3.05) is 13.1 Å². The van der Waals surface area contributed by atoms with Gasteiger partial charge < -0.3 is 10.6 Å². The van der Waals surface area contributed by atoms with Crippen LogP contribution in [0.2, 0.25) is 0 Å². The second-order valence-electron chi connectivity index (χ2n) is 2.22. The average molecular weight is 170 g/mol. The lowest BCUT2D eigenvalue weighted by molar-refractivity contribution is -0.116. The molecule has 0 aliphatic rings. The van der Waals surface area contributed by atoms with Gasteiger partial charge >= 0.3 is 0 Å². The summed E-state index contributed by atoms with van der Waals surface area (Å²) in [4.78, 5) is 20.6. The lowest BCUT2D eigenvalue weighted by Crippen LogP contribution is -2.25. The standard InChI is InChI=1S/C8H14N2O2/c1-2-4-8(12)10-6-3-5-9-7-11/h2,4,7H,3,5-6H2,1H3,(H,9,11)(H,10,12)/b4-2+. The van der Waals surface area contributed by atoms with Crippen molar-refractivity contribution < 1.29 is 9.59 Å². The number of rotatable bonds is 6. The van der Waals surface area contributed by atoms with E-state index in [2.05, 4.69) is 10.6 Å². The molecule has 0 aromatic carbocycles. The molecule has 0 aliphatic carbocycles. The molecular weight excluding hydrogens is 156 g/mol. The second kappa shape index (κ2) is 7.78. The highest BCUT2D eigenvalue weighted by Crippen LogP contribution is 1.75. The molecule has 0 radical (unpaired) electrons. The Morgan fingerprint density at radius 3 is 2.75 bits per heavy atom. The first kappa shape index (κ1) is 10.7. The van der Waals surface area contributed by atoms with Crippen LogP contribution in [0.3, 0.4) is 0 Å². The molecule has 0 heterocycles. The molecular formula is C8H14N2O2. The van der Waals surface area contributed by atoms with E-state index in [1.807, 2.05) is 0 Å². The van der Waals surface area contributed by atoms with Gasteiger partial charge in [0.2, 0.25) is 12.3 Å². The van der Waals surface area contributed by atoms with Crippen LogP contribution < -0.4 is 10.6 Å². The lowest BCUT2D eigenvalue weighted by atomic mass is 10.4. The maximum absolute atomic E-state index is 10.8. The SMILES string of the molecule is C/C=C/C(=O)NCCCNC=O. The summed E-state index contributed by atoms with van der Waals surface area (Å²) in [6, 6.07) is 0. The fourth-order valence-corrected chi connectivity index (χ4v) is 0.671. The van der Waals surface area contributed by atoms with Crippen LogP contribution in [0.4, 0.5) is 0 Å². The summed E-state index contributed by atoms with van der Waals surface area (Å²) in [5.41, 5.74) is 0. The zero-order valence-electron chi connectivity index (χ0n) is 7.17. The summed E-state index contributed by atoms with van der Waals surface area (Å²) in [5, 5.41) is 5.16. The van der Waals surface area contributed by atoms with E-state index in [-0.39, 0.29) is 5.91 Å². The van der Waals surface area contributed by atoms with Gasteiger partial charge in [0.25, 0.3) is 0 Å². The third-order valence-corrected chi connectivity index (χ3v) is 1.20. The molecule has 0 atom stereocenters. The van der Waals surface area contributed by atoms with Gasteiger partial charge in [-0.1, -0.05) is 6.08 Å². The Kier molecular flexibility index (Phi) is 6.93. The van der Waals surface area contributed by atoms with Gasteiger partial charge in [0, 0.05) is 13.1 Å². The molecule has 4 heteroatoms. The molecule has 12 heavy (non-hydrogen) atoms. The quantitative estimate of drug-likeness (QED) is 0.330. The van der Waals surface area contributed by atoms with Gasteiger partial charge in [-0.05, 0) is 19.4 Å². The molecule has 0 unspecified atom stereocenters. The van der Waals surface area contributed by atoms with Crippen molar-refractivity contribution in [2.45, 2.75) is 13.3 Å². The number of hydrogen-bond donors (Lipinski definition) is 2. The van der Waals surface area contributed by atoms with E-state index in [0.717, 1.165) is 6.42 Å². The molecule has 68 valence electrons. The van der Waals surface area contributed by atoms with Crippen LogP contribution in [-0.2, 0) is 9.59 Å². The summed E-state index contributed by atoms with van der Waals surface area (Å²) in [5.74, 6) is -0.0939. The number of allylic oxidation sites excluding steroid dienone is 1. The van der Waals surface area contributed by atoms with Crippen LogP contribution in [0.15, 0.2) is 12.2 Å². The average Bonchev–Trinajstić information content (AvgIpc) is 2.05. The van der Waals surface area contributed by atoms with Gasteiger partial charge in [0.1, 0.15) is 0 Å². The van der Waals surface area contributed by atoms with E-state index < -0.39 is 0 Å². The predicted octanol–water partition coefficient (Wildman–Crippen LogP) is -0.185. The summed E-state index contributed by atoms with van der Waals surface area (Å²) < 4.78 is 0. The third-order valence-electron chi connectivity index (χ3n) is 1.20. The van der Waals surface area contributed by atoms with Crippen molar-refractivity contribution in [3.8, 4) is 0 Å². The van der Waals surface area contributed by atoms with Gasteiger partial charge in [-0.15, -0.1) is 0 Å². The number of hydrogen-bond acceptors (Lipinski definition) is 2. The van der Waals surface area contributed by atoms with Crippen LogP contribution in [0.25, 0.3) is 0 Å². The normalized spacial score (nSPS) is 9.75. The predicted molar refractivity (Wildman–Crippen MR) is 46.5 cm³/mol. The highest BCUT2D eigenvalue weighted by atomic mass is 16.1. The van der Waals surface area contributed by atoms with Crippen molar-refractivity contribution in [3.63, 3.8) is 0 Å². The van der Waals surface area contributed by atoms with Crippen LogP contribution >= 0.6 is 0 Å². The van der Waals surface area contributed by atoms with Crippen molar-refractivity contribution in [2.24, 2.45) is 0 Å². The van der Waals surface area contributed by atoms with E-state index >= 15 is 0 Å². The number of nitrogens with one attached hydrogen (secondary N) is 2. The first-order valence-corrected chi connectivity index (χ1v) is 3.88. The smallest absolute Gasteiger partial charge is 0.243 e. The minimum absolute atomic E-state index is 0.0939. The first-order valence-electron chi connectivity index (χ1n) is 3.88. The fourth-order valence-electron chi connectivity index (χ4n) is 0.671. The molecule has 4 nitrogen and oxygen atoms in total. The number of carbonyl (C=O) groups excluding carboxylic acids is 2. The van der Waals surface area contributed by atoms with Crippen molar-refractivity contribution in [1.29, 1.82) is 0 Å². The topological polar surface area (TPSA) is 58.2 Å². The molecule has 0 spiro atoms. The molecule has 0 saturated carbocycles. The number of amides is 2. The largest absolute Gasteiger partial charge is 0.359 e. The Labute approximate surface area is 72.0 Å². The van der Waals surface area contributed by atoms with Gasteiger partial charge in [-0.25, -0.2) is 0 Å². The van der Waals surface area contributed by atoms with Crippen molar-refractivity contribution in [1.82, 2.24) is 10.6 Å². The summed E-state index contributed by atoms with van der Waals surface area (Å²) in [6.45, 7) is 2.97. The van der Waals surface area contributed by atoms with Gasteiger partial charge in [-0.3, -0.25) is 9.59 Å². The molecule has 2 amide bonds. The van der Waals surface area contributed by atoms with Gasteiger partial charge in [-0.2, -0.15) is 0 Å². The van der Waals surface area contributed by atoms with E-state index in [0.29, 0.717) is 19.5 Å². The third kappa shape index (κ3) is 6.80. The summed E-state index contributed by atoms with van der Waals surface area (Å²) in [6.07, 6.45) is 4.54. The monoisotopic (exact) mass is 170 g/mol. The molecule has 0 saturated heterocycles. The lowest BCUT2D eigenvalue weighted by Gasteiger charge is -2.00. The number of carbonyl (C=O) groups is 2. The zero-order chi connectivity index (χ0) is 9.23. The van der Waals surface area contributed by atoms with Crippen molar-refractivity contribution in [3.05, 3.63) is 12.2 Å². The van der Waals surface area contributed by atoms with E-state index in [9.17, 15) is 9.59 Å². The van der Waals surface area contributed by atoms with E-state index in [4.69, 9.17) is 0 Å². The molecule has 0 aromatic heterocycles. The molecule has 0 aromatic rings. The Hall–Kier alpha value is -1.32. The maximum atomic E-state index is 10.8. The molecule has 2 N–H and O–H groups in total. The van der Waals surface area contributed by atoms with Gasteiger partial charge in [0.15, 0.2) is 0 Å². The summed E-state index contributed by atoms with van der Waals surface area (Å²) >= 11 is 0. The fraction of sp³-hybridized carbons (Fsp3) is 0.500. The van der Waals surface area contributed by atoms with E-state index in [1.54, 1.807) is 13.0 Å². The van der Waals surface area contributed by atoms with Crippen molar-refractivity contribution >= 4 is 12.3 Å². The van der Waals surface area contributed by atoms with Gasteiger partial charge in [0.05, 0.1) is 0 Å². The zero-order valence-corrected chi connectivity index (χ0v) is 7.17. The maximum Gasteiger partial charge on any atom is 0.243 e. The Bertz CT molecular complexity index is 166. The van der Waals surface area contributed by atoms with E-state index in [1.165, 1.54) is 6.08 Å². The first-order chi connectivity index (χ1) is 5.81. The van der Waals surface area contributed by atoms with Crippen LogP contribution in [0.1, 0.15) is 13.3 Å².